The third kappa shape index (κ3) is 3.56. The summed E-state index contributed by atoms with van der Waals surface area (Å²) < 4.78 is 10.7. The van der Waals surface area contributed by atoms with Gasteiger partial charge in [-0.2, -0.15) is 0 Å². The van der Waals surface area contributed by atoms with Gasteiger partial charge in [0.15, 0.2) is 0 Å². The van der Waals surface area contributed by atoms with Gasteiger partial charge in [0.2, 0.25) is 0 Å². The Morgan fingerprint density at radius 1 is 1.20 bits per heavy atom. The van der Waals surface area contributed by atoms with Gasteiger partial charge in [-0.1, -0.05) is 24.3 Å². The number of aromatic nitrogens is 1. The predicted octanol–water partition coefficient (Wildman–Crippen LogP) is 2.46. The quantitative estimate of drug-likeness (QED) is 0.821. The lowest BCUT2D eigenvalue weighted by Gasteiger charge is -2.17. The van der Waals surface area contributed by atoms with Crippen LogP contribution in [0.1, 0.15) is 22.7 Å². The lowest BCUT2D eigenvalue weighted by atomic mass is 9.99. The van der Waals surface area contributed by atoms with Crippen LogP contribution in [0.3, 0.4) is 0 Å². The monoisotopic (exact) mass is 272 g/mol. The van der Waals surface area contributed by atoms with Crippen molar-refractivity contribution >= 4 is 0 Å². The Hall–Kier alpha value is -1.91. The highest BCUT2D eigenvalue weighted by molar-refractivity contribution is 5.41. The molecule has 0 aliphatic rings. The molecule has 0 saturated carbocycles. The first kappa shape index (κ1) is 14.5. The maximum Gasteiger partial charge on any atom is 0.124 e. The number of aryl methyl sites for hydroxylation is 1. The summed E-state index contributed by atoms with van der Waals surface area (Å²) in [7, 11) is 1.65. The summed E-state index contributed by atoms with van der Waals surface area (Å²) in [6.07, 6.45) is 3.61. The minimum absolute atomic E-state index is 0.249. The molecule has 0 fully saturated rings. The lowest BCUT2D eigenvalue weighted by molar-refractivity contribution is 0.145. The molecule has 0 saturated heterocycles. The van der Waals surface area contributed by atoms with Crippen LogP contribution < -0.4 is 10.5 Å². The molecule has 0 aliphatic carbocycles. The van der Waals surface area contributed by atoms with Crippen molar-refractivity contribution in [1.82, 2.24) is 4.98 Å². The van der Waals surface area contributed by atoms with Crippen LogP contribution >= 0.6 is 0 Å². The van der Waals surface area contributed by atoms with Gasteiger partial charge >= 0.3 is 0 Å². The van der Waals surface area contributed by atoms with Crippen LogP contribution in [0.25, 0.3) is 0 Å². The minimum Gasteiger partial charge on any atom is -0.491 e. The summed E-state index contributed by atoms with van der Waals surface area (Å²) in [6.45, 7) is 3.06. The Morgan fingerprint density at radius 3 is 2.75 bits per heavy atom. The van der Waals surface area contributed by atoms with Crippen molar-refractivity contribution in [2.24, 2.45) is 5.73 Å². The molecule has 1 aromatic heterocycles. The Kier molecular flexibility index (Phi) is 5.09. The van der Waals surface area contributed by atoms with E-state index in [4.69, 9.17) is 15.2 Å². The van der Waals surface area contributed by atoms with Crippen LogP contribution in [0.4, 0.5) is 0 Å². The molecule has 1 unspecified atom stereocenters. The smallest absolute Gasteiger partial charge is 0.124 e. The van der Waals surface area contributed by atoms with Crippen LogP contribution in [-0.4, -0.2) is 25.3 Å². The van der Waals surface area contributed by atoms with Gasteiger partial charge in [0, 0.05) is 25.1 Å². The number of hydrogen-bond acceptors (Lipinski definition) is 4. The van der Waals surface area contributed by atoms with Crippen molar-refractivity contribution in [3.05, 3.63) is 59.4 Å². The zero-order valence-corrected chi connectivity index (χ0v) is 11.9. The molecule has 106 valence electrons. The molecule has 0 aliphatic heterocycles. The van der Waals surface area contributed by atoms with Crippen molar-refractivity contribution in [1.29, 1.82) is 0 Å². The van der Waals surface area contributed by atoms with Crippen LogP contribution in [0.5, 0.6) is 5.75 Å². The van der Waals surface area contributed by atoms with Crippen molar-refractivity contribution in [3.8, 4) is 5.75 Å². The van der Waals surface area contributed by atoms with Gasteiger partial charge < -0.3 is 15.2 Å². The second-order valence-corrected chi connectivity index (χ2v) is 4.65. The molecule has 1 aromatic carbocycles. The van der Waals surface area contributed by atoms with Crippen molar-refractivity contribution < 1.29 is 9.47 Å². The number of pyridine rings is 1. The van der Waals surface area contributed by atoms with Crippen molar-refractivity contribution in [2.75, 3.05) is 20.3 Å². The van der Waals surface area contributed by atoms with E-state index in [0.717, 1.165) is 22.4 Å². The van der Waals surface area contributed by atoms with Gasteiger partial charge in [-0.15, -0.1) is 0 Å². The van der Waals surface area contributed by atoms with Gasteiger partial charge in [0.05, 0.1) is 12.6 Å². The van der Waals surface area contributed by atoms with E-state index in [1.807, 2.05) is 43.5 Å². The van der Waals surface area contributed by atoms with E-state index in [-0.39, 0.29) is 6.04 Å². The summed E-state index contributed by atoms with van der Waals surface area (Å²) in [6, 6.07) is 9.60. The molecule has 1 heterocycles. The molecule has 2 aromatic rings. The highest BCUT2D eigenvalue weighted by Gasteiger charge is 2.14. The summed E-state index contributed by atoms with van der Waals surface area (Å²) >= 11 is 0. The van der Waals surface area contributed by atoms with Gasteiger partial charge in [-0.05, 0) is 24.1 Å². The molecule has 20 heavy (non-hydrogen) atoms. The number of hydrogen-bond donors (Lipinski definition) is 1. The number of nitrogens with two attached hydrogens (primary N) is 1. The minimum atomic E-state index is -0.249. The third-order valence-corrected chi connectivity index (χ3v) is 3.05. The topological polar surface area (TPSA) is 57.4 Å². The first-order chi connectivity index (χ1) is 9.72. The van der Waals surface area contributed by atoms with Crippen LogP contribution in [0.2, 0.25) is 0 Å². The number of para-hydroxylation sites is 1. The normalized spacial score (nSPS) is 12.2. The van der Waals surface area contributed by atoms with Crippen molar-refractivity contribution in [2.45, 2.75) is 13.0 Å². The largest absolute Gasteiger partial charge is 0.491 e. The first-order valence-electron chi connectivity index (χ1n) is 6.60. The highest BCUT2D eigenvalue weighted by atomic mass is 16.5. The Balaban J connectivity index is 2.23. The van der Waals surface area contributed by atoms with E-state index in [1.54, 1.807) is 13.3 Å². The first-order valence-corrected chi connectivity index (χ1v) is 6.60. The standard InChI is InChI=1S/C16H20N2O2/c1-12-9-13(11-18-10-12)16(17)14-5-3-4-6-15(14)20-8-7-19-2/h3-6,9-11,16H,7-8,17H2,1-2H3. The molecular formula is C16H20N2O2. The average Bonchev–Trinajstić information content (AvgIpc) is 2.47. The Bertz CT molecular complexity index is 558. The molecule has 2 rings (SSSR count). The van der Waals surface area contributed by atoms with Crippen LogP contribution in [0, 0.1) is 6.92 Å². The maximum atomic E-state index is 6.34. The third-order valence-electron chi connectivity index (χ3n) is 3.05. The molecule has 1 atom stereocenters. The van der Waals surface area contributed by atoms with E-state index in [9.17, 15) is 0 Å². The van der Waals surface area contributed by atoms with E-state index in [2.05, 4.69) is 4.98 Å². The number of benzene rings is 1. The summed E-state index contributed by atoms with van der Waals surface area (Å²) in [5.74, 6) is 0.790. The summed E-state index contributed by atoms with van der Waals surface area (Å²) in [5.41, 5.74) is 9.37. The van der Waals surface area contributed by atoms with E-state index >= 15 is 0 Å². The number of methoxy groups -OCH3 is 1. The molecule has 0 bridgehead atoms. The van der Waals surface area contributed by atoms with E-state index < -0.39 is 0 Å². The fraction of sp³-hybridized carbons (Fsp3) is 0.312. The van der Waals surface area contributed by atoms with Crippen molar-refractivity contribution in [3.63, 3.8) is 0 Å². The number of nitrogens with zero attached hydrogens (tertiary/aromatic N) is 1. The molecular weight excluding hydrogens is 252 g/mol. The molecule has 0 spiro atoms. The molecule has 0 amide bonds. The lowest BCUT2D eigenvalue weighted by Crippen LogP contribution is -2.15. The SMILES string of the molecule is COCCOc1ccccc1C(N)c1cncc(C)c1. The van der Waals surface area contributed by atoms with Crippen LogP contribution in [0.15, 0.2) is 42.7 Å². The Labute approximate surface area is 119 Å². The maximum absolute atomic E-state index is 6.34. The number of rotatable bonds is 6. The second kappa shape index (κ2) is 7.03. The highest BCUT2D eigenvalue weighted by Crippen LogP contribution is 2.28. The van der Waals surface area contributed by atoms with E-state index in [0.29, 0.717) is 13.2 Å². The van der Waals surface area contributed by atoms with Gasteiger partial charge in [-0.25, -0.2) is 0 Å². The van der Waals surface area contributed by atoms with Crippen LogP contribution in [-0.2, 0) is 4.74 Å². The fourth-order valence-corrected chi connectivity index (χ4v) is 2.03. The summed E-state index contributed by atoms with van der Waals surface area (Å²) in [4.78, 5) is 4.20. The number of ether oxygens (including phenoxy) is 2. The molecule has 4 nitrogen and oxygen atoms in total. The molecule has 0 radical (unpaired) electrons. The zero-order valence-electron chi connectivity index (χ0n) is 11.9. The van der Waals surface area contributed by atoms with Gasteiger partial charge in [0.1, 0.15) is 12.4 Å². The van der Waals surface area contributed by atoms with Gasteiger partial charge in [-0.3, -0.25) is 4.98 Å². The zero-order chi connectivity index (χ0) is 14.4. The average molecular weight is 272 g/mol. The second-order valence-electron chi connectivity index (χ2n) is 4.65. The fourth-order valence-electron chi connectivity index (χ4n) is 2.03. The molecule has 4 heteroatoms. The predicted molar refractivity (Wildman–Crippen MR) is 78.8 cm³/mol. The Morgan fingerprint density at radius 2 is 2.00 bits per heavy atom. The van der Waals surface area contributed by atoms with E-state index in [1.165, 1.54) is 0 Å². The molecule has 2 N–H and O–H groups in total. The summed E-state index contributed by atoms with van der Waals surface area (Å²) in [5, 5.41) is 0. The van der Waals surface area contributed by atoms with Gasteiger partial charge in [0.25, 0.3) is 0 Å².